The van der Waals surface area contributed by atoms with Crippen LogP contribution in [-0.2, 0) is 20.9 Å². The number of hydrogen-bond donors (Lipinski definition) is 1. The van der Waals surface area contributed by atoms with E-state index >= 15 is 0 Å². The third kappa shape index (κ3) is 3.27. The number of carbonyl (C=O) groups excluding carboxylic acids is 2. The molecule has 6 nitrogen and oxygen atoms in total. The number of hydrogen-bond acceptors (Lipinski definition) is 6. The van der Waals surface area contributed by atoms with E-state index in [9.17, 15) is 14.7 Å². The third-order valence-electron chi connectivity index (χ3n) is 5.37. The smallest absolute Gasteiger partial charge is 0.330 e. The maximum absolute atomic E-state index is 13.1. The fraction of sp³-hybridized carbons (Fsp3) is 0.381. The molecule has 2 aliphatic heterocycles. The van der Waals surface area contributed by atoms with Crippen LogP contribution in [0.3, 0.4) is 0 Å². The van der Waals surface area contributed by atoms with Gasteiger partial charge in [0.25, 0.3) is 0 Å². The number of ether oxygens (including phenoxy) is 1. The lowest BCUT2D eigenvalue weighted by Gasteiger charge is -2.51. The highest BCUT2D eigenvalue weighted by Gasteiger charge is 2.73. The van der Waals surface area contributed by atoms with E-state index in [0.717, 1.165) is 5.56 Å². The van der Waals surface area contributed by atoms with Gasteiger partial charge in [0.2, 0.25) is 5.91 Å². The number of fused-ring (bicyclic) bond motifs is 1. The standard InChI is InChI=1S/C21H21BrN2O4S/c1-20(2)15(17(26)28-12-13-7-4-3-5-8-13)24-18(27)21(22,19(24)29-20)16(25)14-9-6-10-23-11-14/h3-11,15-16,19,25H,12H2,1-2H3/t15-,16?,19+,21+/m0/s1. The molecule has 1 N–H and O–H groups in total. The van der Waals surface area contributed by atoms with Crippen molar-refractivity contribution in [2.45, 2.75) is 47.0 Å². The molecule has 8 heteroatoms. The van der Waals surface area contributed by atoms with Crippen LogP contribution in [0.1, 0.15) is 31.1 Å². The number of carbonyl (C=O) groups is 2. The number of aliphatic hydroxyl groups is 1. The molecule has 2 saturated heterocycles. The van der Waals surface area contributed by atoms with Gasteiger partial charge in [0, 0.05) is 22.7 Å². The number of β-lactam (4-membered cyclic amide) rings is 1. The molecule has 0 spiro atoms. The van der Waals surface area contributed by atoms with Crippen LogP contribution in [0.25, 0.3) is 0 Å². The Balaban J connectivity index is 1.54. The molecule has 3 heterocycles. The zero-order valence-corrected chi connectivity index (χ0v) is 18.4. The summed E-state index contributed by atoms with van der Waals surface area (Å²) in [6.07, 6.45) is 2.07. The summed E-state index contributed by atoms with van der Waals surface area (Å²) in [6, 6.07) is 12.1. The van der Waals surface area contributed by atoms with Gasteiger partial charge in [-0.25, -0.2) is 4.79 Å². The summed E-state index contributed by atoms with van der Waals surface area (Å²) in [4.78, 5) is 31.6. The molecule has 1 unspecified atom stereocenters. The van der Waals surface area contributed by atoms with Crippen molar-refractivity contribution in [2.24, 2.45) is 0 Å². The Morgan fingerprint density at radius 1 is 1.31 bits per heavy atom. The van der Waals surface area contributed by atoms with Crippen LogP contribution in [0.5, 0.6) is 0 Å². The predicted molar refractivity (Wildman–Crippen MR) is 113 cm³/mol. The fourth-order valence-electron chi connectivity index (χ4n) is 3.87. The maximum atomic E-state index is 13.1. The number of rotatable bonds is 5. The number of thioether (sulfide) groups is 1. The molecule has 2 fully saturated rings. The van der Waals surface area contributed by atoms with Crippen LogP contribution in [-0.4, -0.2) is 47.4 Å². The van der Waals surface area contributed by atoms with Crippen LogP contribution in [0, 0.1) is 0 Å². The molecular weight excluding hydrogens is 456 g/mol. The maximum Gasteiger partial charge on any atom is 0.330 e. The molecule has 0 saturated carbocycles. The second-order valence-electron chi connectivity index (χ2n) is 7.74. The number of aliphatic hydroxyl groups excluding tert-OH is 1. The minimum atomic E-state index is -1.20. The Labute approximate surface area is 181 Å². The van der Waals surface area contributed by atoms with Gasteiger partial charge in [0.15, 0.2) is 4.32 Å². The first kappa shape index (κ1) is 20.4. The third-order valence-corrected chi connectivity index (χ3v) is 8.53. The van der Waals surface area contributed by atoms with Gasteiger partial charge < -0.3 is 14.7 Å². The first-order valence-corrected chi connectivity index (χ1v) is 10.9. The van der Waals surface area contributed by atoms with E-state index in [1.54, 1.807) is 24.5 Å². The Morgan fingerprint density at radius 2 is 2.03 bits per heavy atom. The molecule has 4 rings (SSSR count). The largest absolute Gasteiger partial charge is 0.459 e. The number of nitrogens with zero attached hydrogens (tertiary/aromatic N) is 2. The second kappa shape index (κ2) is 7.41. The number of amides is 1. The van der Waals surface area contributed by atoms with Crippen LogP contribution in [0.15, 0.2) is 54.9 Å². The van der Waals surface area contributed by atoms with E-state index < -0.39 is 32.6 Å². The number of esters is 1. The van der Waals surface area contributed by atoms with Crippen molar-refractivity contribution in [1.29, 1.82) is 0 Å². The van der Waals surface area contributed by atoms with Crippen molar-refractivity contribution in [3.63, 3.8) is 0 Å². The van der Waals surface area contributed by atoms with Crippen molar-refractivity contribution in [2.75, 3.05) is 0 Å². The summed E-state index contributed by atoms with van der Waals surface area (Å²) in [6.45, 7) is 3.99. The van der Waals surface area contributed by atoms with E-state index in [0.29, 0.717) is 5.56 Å². The first-order valence-electron chi connectivity index (χ1n) is 9.25. The van der Waals surface area contributed by atoms with Crippen LogP contribution < -0.4 is 0 Å². The monoisotopic (exact) mass is 476 g/mol. The van der Waals surface area contributed by atoms with Crippen molar-refractivity contribution < 1.29 is 19.4 Å². The molecule has 1 amide bonds. The lowest BCUT2D eigenvalue weighted by atomic mass is 9.85. The van der Waals surface area contributed by atoms with Gasteiger partial charge >= 0.3 is 5.97 Å². The molecule has 0 aliphatic carbocycles. The average molecular weight is 477 g/mol. The first-order chi connectivity index (χ1) is 13.8. The molecule has 1 aromatic heterocycles. The molecule has 2 aliphatic rings. The molecule has 2 aromatic rings. The van der Waals surface area contributed by atoms with Gasteiger partial charge in [0.1, 0.15) is 24.1 Å². The van der Waals surface area contributed by atoms with Gasteiger partial charge in [0.05, 0.1) is 0 Å². The summed E-state index contributed by atoms with van der Waals surface area (Å²) in [7, 11) is 0. The highest BCUT2D eigenvalue weighted by Crippen LogP contribution is 2.61. The summed E-state index contributed by atoms with van der Waals surface area (Å²) < 4.78 is 3.77. The number of halogens is 1. The second-order valence-corrected chi connectivity index (χ2v) is 10.8. The lowest BCUT2D eigenvalue weighted by molar-refractivity contribution is -0.168. The van der Waals surface area contributed by atoms with E-state index in [2.05, 4.69) is 20.9 Å². The summed E-state index contributed by atoms with van der Waals surface area (Å²) in [5.74, 6) is -0.758. The minimum absolute atomic E-state index is 0.154. The topological polar surface area (TPSA) is 79.7 Å². The number of pyridine rings is 1. The molecular formula is C21H21BrN2O4S. The zero-order valence-electron chi connectivity index (χ0n) is 16.0. The Hall–Kier alpha value is -1.90. The summed E-state index contributed by atoms with van der Waals surface area (Å²) in [5, 5.41) is 10.5. The van der Waals surface area contributed by atoms with E-state index in [1.165, 1.54) is 16.7 Å². The Kier molecular flexibility index (Phi) is 5.21. The van der Waals surface area contributed by atoms with Crippen molar-refractivity contribution in [3.8, 4) is 0 Å². The minimum Gasteiger partial charge on any atom is -0.459 e. The SMILES string of the molecule is CC1(C)S[C@H]2N(C(=O)[C@]2(Br)C(O)c2cccnc2)[C@H]1C(=O)OCc1ccccc1. The van der Waals surface area contributed by atoms with Gasteiger partial charge in [-0.3, -0.25) is 9.78 Å². The van der Waals surface area contributed by atoms with E-state index in [4.69, 9.17) is 4.74 Å². The van der Waals surface area contributed by atoms with Crippen LogP contribution >= 0.6 is 27.7 Å². The number of alkyl halides is 1. The van der Waals surface area contributed by atoms with Crippen molar-refractivity contribution in [1.82, 2.24) is 9.88 Å². The lowest BCUT2D eigenvalue weighted by Crippen LogP contribution is -2.72. The normalized spacial score (nSPS) is 28.4. The highest BCUT2D eigenvalue weighted by molar-refractivity contribution is 9.10. The number of benzene rings is 1. The quantitative estimate of drug-likeness (QED) is 0.405. The molecule has 0 radical (unpaired) electrons. The van der Waals surface area contributed by atoms with Crippen molar-refractivity contribution in [3.05, 3.63) is 66.0 Å². The number of aromatic nitrogens is 1. The molecule has 4 atom stereocenters. The highest BCUT2D eigenvalue weighted by atomic mass is 79.9. The fourth-order valence-corrected chi connectivity index (χ4v) is 6.48. The van der Waals surface area contributed by atoms with Gasteiger partial charge in [-0.15, -0.1) is 11.8 Å². The Bertz CT molecular complexity index is 927. The molecule has 1 aromatic carbocycles. The molecule has 152 valence electrons. The molecule has 0 bridgehead atoms. The van der Waals surface area contributed by atoms with Crippen LogP contribution in [0.2, 0.25) is 0 Å². The van der Waals surface area contributed by atoms with Crippen molar-refractivity contribution >= 4 is 39.6 Å². The van der Waals surface area contributed by atoms with Gasteiger partial charge in [-0.1, -0.05) is 52.3 Å². The average Bonchev–Trinajstić information content (AvgIpc) is 3.01. The zero-order chi connectivity index (χ0) is 20.8. The Morgan fingerprint density at radius 3 is 2.69 bits per heavy atom. The predicted octanol–water partition coefficient (Wildman–Crippen LogP) is 3.05. The summed E-state index contributed by atoms with van der Waals surface area (Å²) >= 11 is 4.99. The van der Waals surface area contributed by atoms with Gasteiger partial charge in [-0.2, -0.15) is 0 Å². The van der Waals surface area contributed by atoms with Crippen LogP contribution in [0.4, 0.5) is 0 Å². The summed E-state index contributed by atoms with van der Waals surface area (Å²) in [5.41, 5.74) is 1.43. The van der Waals surface area contributed by atoms with Gasteiger partial charge in [-0.05, 0) is 25.5 Å². The van der Waals surface area contributed by atoms with E-state index in [-0.39, 0.29) is 12.5 Å². The molecule has 29 heavy (non-hydrogen) atoms. The van der Waals surface area contributed by atoms with E-state index in [1.807, 2.05) is 44.2 Å².